The molecule has 1 aliphatic rings. The van der Waals surface area contributed by atoms with Crippen molar-refractivity contribution in [1.82, 2.24) is 15.5 Å². The first kappa shape index (κ1) is 22.6. The second-order valence-electron chi connectivity index (χ2n) is 6.05. The van der Waals surface area contributed by atoms with Gasteiger partial charge >= 0.3 is 0 Å². The van der Waals surface area contributed by atoms with Crippen LogP contribution in [0.15, 0.2) is 29.3 Å². The number of hydrogen-bond donors (Lipinski definition) is 2. The van der Waals surface area contributed by atoms with Crippen LogP contribution in [0.2, 0.25) is 0 Å². The number of nitrogens with zero attached hydrogens (tertiary/aromatic N) is 2. The predicted molar refractivity (Wildman–Crippen MR) is 111 cm³/mol. The molecule has 2 atom stereocenters. The molecule has 2 rings (SSSR count). The molecule has 0 aromatic heterocycles. The molecule has 2 unspecified atom stereocenters. The molecule has 26 heavy (non-hydrogen) atoms. The molecule has 0 aliphatic carbocycles. The Morgan fingerprint density at radius 1 is 1.42 bits per heavy atom. The molecular formula is C18H28FIN4O2. The van der Waals surface area contributed by atoms with Crippen LogP contribution in [0, 0.1) is 5.82 Å². The van der Waals surface area contributed by atoms with E-state index < -0.39 is 0 Å². The van der Waals surface area contributed by atoms with Gasteiger partial charge in [-0.15, -0.1) is 24.0 Å². The molecule has 1 saturated heterocycles. The maximum absolute atomic E-state index is 13.1. The van der Waals surface area contributed by atoms with Crippen LogP contribution in [0.5, 0.6) is 0 Å². The molecule has 0 bridgehead atoms. The van der Waals surface area contributed by atoms with Crippen molar-refractivity contribution in [2.45, 2.75) is 31.9 Å². The van der Waals surface area contributed by atoms with Crippen molar-refractivity contribution in [3.63, 3.8) is 0 Å². The minimum Gasteiger partial charge on any atom is -0.375 e. The van der Waals surface area contributed by atoms with Crippen molar-refractivity contribution in [2.24, 2.45) is 4.99 Å². The first-order valence-corrected chi connectivity index (χ1v) is 8.60. The lowest BCUT2D eigenvalue weighted by Crippen LogP contribution is -2.46. The van der Waals surface area contributed by atoms with E-state index in [9.17, 15) is 9.18 Å². The van der Waals surface area contributed by atoms with Gasteiger partial charge in [-0.25, -0.2) is 4.39 Å². The Balaban J connectivity index is 0.00000338. The van der Waals surface area contributed by atoms with Crippen LogP contribution < -0.4 is 10.6 Å². The highest BCUT2D eigenvalue weighted by Gasteiger charge is 2.25. The Kier molecular flexibility index (Phi) is 9.85. The van der Waals surface area contributed by atoms with E-state index in [1.54, 1.807) is 26.3 Å². The molecule has 0 spiro atoms. The fraction of sp³-hybridized carbons (Fsp3) is 0.556. The van der Waals surface area contributed by atoms with Gasteiger partial charge in [-0.3, -0.25) is 9.79 Å². The quantitative estimate of drug-likeness (QED) is 0.374. The van der Waals surface area contributed by atoms with Crippen LogP contribution in [0.3, 0.4) is 0 Å². The second kappa shape index (κ2) is 11.3. The van der Waals surface area contributed by atoms with E-state index in [1.807, 2.05) is 11.8 Å². The number of nitrogens with one attached hydrogen (secondary N) is 2. The molecule has 6 nitrogen and oxygen atoms in total. The maximum Gasteiger partial charge on any atom is 0.222 e. The van der Waals surface area contributed by atoms with Gasteiger partial charge in [0.05, 0.1) is 6.10 Å². The summed E-state index contributed by atoms with van der Waals surface area (Å²) >= 11 is 0. The van der Waals surface area contributed by atoms with Gasteiger partial charge in [0.25, 0.3) is 0 Å². The van der Waals surface area contributed by atoms with Crippen LogP contribution in [-0.4, -0.2) is 56.6 Å². The van der Waals surface area contributed by atoms with Gasteiger partial charge in [-0.1, -0.05) is 19.1 Å². The number of carbonyl (C=O) groups excluding carboxylic acids is 1. The molecule has 0 saturated carbocycles. The fourth-order valence-corrected chi connectivity index (χ4v) is 2.92. The highest BCUT2D eigenvalue weighted by Crippen LogP contribution is 2.16. The lowest BCUT2D eigenvalue weighted by atomic mass is 10.1. The number of benzene rings is 1. The average molecular weight is 478 g/mol. The highest BCUT2D eigenvalue weighted by atomic mass is 127. The number of likely N-dealkylation sites (tertiary alicyclic amines) is 1. The lowest BCUT2D eigenvalue weighted by Gasteiger charge is -2.21. The van der Waals surface area contributed by atoms with E-state index in [-0.39, 0.29) is 47.8 Å². The van der Waals surface area contributed by atoms with Gasteiger partial charge in [0.2, 0.25) is 5.91 Å². The van der Waals surface area contributed by atoms with Crippen molar-refractivity contribution in [2.75, 3.05) is 33.8 Å². The monoisotopic (exact) mass is 478 g/mol. The highest BCUT2D eigenvalue weighted by molar-refractivity contribution is 14.0. The minimum atomic E-state index is -0.267. The summed E-state index contributed by atoms with van der Waals surface area (Å²) in [5, 5.41) is 6.58. The summed E-state index contributed by atoms with van der Waals surface area (Å²) in [6.07, 6.45) is 1.23. The minimum absolute atomic E-state index is 0. The number of halogens is 2. The van der Waals surface area contributed by atoms with Crippen molar-refractivity contribution < 1.29 is 13.9 Å². The Hall–Kier alpha value is -1.42. The zero-order chi connectivity index (χ0) is 18.2. The predicted octanol–water partition coefficient (Wildman–Crippen LogP) is 2.31. The second-order valence-corrected chi connectivity index (χ2v) is 6.05. The lowest BCUT2D eigenvalue weighted by molar-refractivity contribution is -0.129. The molecule has 146 valence electrons. The van der Waals surface area contributed by atoms with Crippen LogP contribution in [0.1, 0.15) is 31.4 Å². The first-order chi connectivity index (χ1) is 12.1. The van der Waals surface area contributed by atoms with Gasteiger partial charge in [-0.2, -0.15) is 0 Å². The zero-order valence-corrected chi connectivity index (χ0v) is 17.8. The van der Waals surface area contributed by atoms with E-state index in [0.717, 1.165) is 18.5 Å². The summed E-state index contributed by atoms with van der Waals surface area (Å²) < 4.78 is 18.5. The Morgan fingerprint density at radius 2 is 2.12 bits per heavy atom. The third kappa shape index (κ3) is 6.39. The number of methoxy groups -OCH3 is 1. The van der Waals surface area contributed by atoms with Crippen molar-refractivity contribution in [3.05, 3.63) is 35.6 Å². The Labute approximate surface area is 171 Å². The normalized spacial score (nSPS) is 18.2. The molecule has 1 amide bonds. The van der Waals surface area contributed by atoms with E-state index >= 15 is 0 Å². The molecule has 2 N–H and O–H groups in total. The van der Waals surface area contributed by atoms with Gasteiger partial charge in [0.15, 0.2) is 5.96 Å². The van der Waals surface area contributed by atoms with Crippen LogP contribution in [-0.2, 0) is 9.53 Å². The number of rotatable bonds is 6. The smallest absolute Gasteiger partial charge is 0.222 e. The molecule has 1 aliphatic heterocycles. The van der Waals surface area contributed by atoms with Crippen LogP contribution in [0.25, 0.3) is 0 Å². The Morgan fingerprint density at radius 3 is 2.69 bits per heavy atom. The molecule has 8 heteroatoms. The number of guanidine groups is 1. The maximum atomic E-state index is 13.1. The third-order valence-corrected chi connectivity index (χ3v) is 4.39. The number of ether oxygens (including phenoxy) is 1. The van der Waals surface area contributed by atoms with E-state index in [4.69, 9.17) is 4.74 Å². The Bertz CT molecular complexity index is 597. The van der Waals surface area contributed by atoms with Gasteiger partial charge in [-0.05, 0) is 24.1 Å². The molecular weight excluding hydrogens is 450 g/mol. The van der Waals surface area contributed by atoms with Gasteiger partial charge < -0.3 is 20.3 Å². The van der Waals surface area contributed by atoms with Gasteiger partial charge in [0.1, 0.15) is 5.82 Å². The molecule has 1 heterocycles. The van der Waals surface area contributed by atoms with E-state index in [2.05, 4.69) is 15.6 Å². The van der Waals surface area contributed by atoms with Gasteiger partial charge in [0, 0.05) is 46.3 Å². The molecule has 1 fully saturated rings. The summed E-state index contributed by atoms with van der Waals surface area (Å²) in [5.74, 6) is 0.583. The number of carbonyl (C=O) groups is 1. The van der Waals surface area contributed by atoms with Crippen LogP contribution in [0.4, 0.5) is 4.39 Å². The number of amides is 1. The van der Waals surface area contributed by atoms with Crippen molar-refractivity contribution >= 4 is 35.8 Å². The average Bonchev–Trinajstić information content (AvgIpc) is 3.10. The standard InChI is InChI=1S/C18H27FN4O2.HI/c1-4-17(24)23-10-9-15(12-23)22-18(20-2)21-11-16(25-3)13-5-7-14(19)8-6-13;/h5-8,15-16H,4,9-12H2,1-3H3,(H2,20,21,22);1H. The SMILES string of the molecule is CCC(=O)N1CCC(NC(=NC)NCC(OC)c2ccc(F)cc2)C1.I. The third-order valence-electron chi connectivity index (χ3n) is 4.39. The van der Waals surface area contributed by atoms with Crippen LogP contribution >= 0.6 is 24.0 Å². The van der Waals surface area contributed by atoms with E-state index in [0.29, 0.717) is 25.5 Å². The number of hydrogen-bond acceptors (Lipinski definition) is 3. The molecule has 1 aromatic rings. The summed E-state index contributed by atoms with van der Waals surface area (Å²) in [6, 6.07) is 6.46. The summed E-state index contributed by atoms with van der Waals surface area (Å²) in [5.41, 5.74) is 0.896. The molecule has 0 radical (unpaired) electrons. The fourth-order valence-electron chi connectivity index (χ4n) is 2.92. The first-order valence-electron chi connectivity index (χ1n) is 8.60. The van der Waals surface area contributed by atoms with E-state index in [1.165, 1.54) is 12.1 Å². The summed E-state index contributed by atoms with van der Waals surface area (Å²) in [6.45, 7) is 3.85. The topological polar surface area (TPSA) is 66.0 Å². The summed E-state index contributed by atoms with van der Waals surface area (Å²) in [4.78, 5) is 17.9. The van der Waals surface area contributed by atoms with Crippen molar-refractivity contribution in [1.29, 1.82) is 0 Å². The zero-order valence-electron chi connectivity index (χ0n) is 15.5. The largest absolute Gasteiger partial charge is 0.375 e. The summed E-state index contributed by atoms with van der Waals surface area (Å²) in [7, 11) is 3.33. The molecule has 1 aromatic carbocycles. The van der Waals surface area contributed by atoms with Crippen molar-refractivity contribution in [3.8, 4) is 0 Å². The number of aliphatic imine (C=N–C) groups is 1.